The van der Waals surface area contributed by atoms with Crippen LogP contribution in [0.25, 0.3) is 0 Å². The standard InChI is InChI=1S/C19H29N3O3/c1-14(17(23)20-15-6-8-16(25-5)9-7-15)21-10-12-22(13-11-21)18(24)19(2,3)4/h6-9,14H,10-13H2,1-5H3,(H,20,23). The second-order valence-electron chi connectivity index (χ2n) is 7.47. The van der Waals surface area contributed by atoms with Gasteiger partial charge in [0.1, 0.15) is 5.75 Å². The number of piperazine rings is 1. The minimum absolute atomic E-state index is 0.0410. The van der Waals surface area contributed by atoms with Crippen LogP contribution in [0.1, 0.15) is 27.7 Å². The van der Waals surface area contributed by atoms with Crippen molar-refractivity contribution in [3.63, 3.8) is 0 Å². The van der Waals surface area contributed by atoms with E-state index < -0.39 is 0 Å². The van der Waals surface area contributed by atoms with Crippen molar-refractivity contribution in [3.05, 3.63) is 24.3 Å². The first-order valence-corrected chi connectivity index (χ1v) is 8.70. The van der Waals surface area contributed by atoms with Gasteiger partial charge in [0.25, 0.3) is 0 Å². The highest BCUT2D eigenvalue weighted by Crippen LogP contribution is 2.20. The minimum Gasteiger partial charge on any atom is -0.497 e. The highest BCUT2D eigenvalue weighted by molar-refractivity contribution is 5.94. The minimum atomic E-state index is -0.362. The van der Waals surface area contributed by atoms with Gasteiger partial charge < -0.3 is 15.0 Å². The summed E-state index contributed by atoms with van der Waals surface area (Å²) in [6, 6.07) is 7.04. The number of amides is 2. The molecule has 1 aromatic rings. The van der Waals surface area contributed by atoms with Crippen LogP contribution in [-0.4, -0.2) is 60.9 Å². The topological polar surface area (TPSA) is 61.9 Å². The van der Waals surface area contributed by atoms with Crippen molar-refractivity contribution in [3.8, 4) is 5.75 Å². The van der Waals surface area contributed by atoms with Crippen LogP contribution in [0.3, 0.4) is 0 Å². The maximum atomic E-state index is 12.5. The molecule has 1 aliphatic rings. The second kappa shape index (κ2) is 7.87. The maximum Gasteiger partial charge on any atom is 0.241 e. The fourth-order valence-corrected chi connectivity index (χ4v) is 2.87. The van der Waals surface area contributed by atoms with Crippen molar-refractivity contribution in [2.45, 2.75) is 33.7 Å². The summed E-state index contributed by atoms with van der Waals surface area (Å²) < 4.78 is 5.12. The van der Waals surface area contributed by atoms with Gasteiger partial charge >= 0.3 is 0 Å². The van der Waals surface area contributed by atoms with Crippen molar-refractivity contribution in [2.24, 2.45) is 5.41 Å². The van der Waals surface area contributed by atoms with E-state index >= 15 is 0 Å². The number of anilines is 1. The van der Waals surface area contributed by atoms with E-state index in [1.807, 2.05) is 56.9 Å². The van der Waals surface area contributed by atoms with Gasteiger partial charge in [-0.05, 0) is 31.2 Å². The van der Waals surface area contributed by atoms with Gasteiger partial charge in [-0.3, -0.25) is 14.5 Å². The largest absolute Gasteiger partial charge is 0.497 e. The summed E-state index contributed by atoms with van der Waals surface area (Å²) in [5.74, 6) is 0.883. The van der Waals surface area contributed by atoms with Crippen LogP contribution in [0.5, 0.6) is 5.75 Å². The lowest BCUT2D eigenvalue weighted by atomic mass is 9.94. The SMILES string of the molecule is COc1ccc(NC(=O)C(C)N2CCN(C(=O)C(C)(C)C)CC2)cc1. The molecule has 0 aromatic heterocycles. The summed E-state index contributed by atoms with van der Waals surface area (Å²) in [7, 11) is 1.61. The van der Waals surface area contributed by atoms with Crippen molar-refractivity contribution >= 4 is 17.5 Å². The Labute approximate surface area is 150 Å². The van der Waals surface area contributed by atoms with E-state index in [0.717, 1.165) is 11.4 Å². The summed E-state index contributed by atoms with van der Waals surface area (Å²) in [6.45, 7) is 10.5. The number of carbonyl (C=O) groups is 2. The zero-order valence-corrected chi connectivity index (χ0v) is 15.8. The molecule has 6 heteroatoms. The van der Waals surface area contributed by atoms with Crippen LogP contribution in [0.4, 0.5) is 5.69 Å². The molecule has 0 aliphatic carbocycles. The molecule has 2 rings (SSSR count). The molecular formula is C19H29N3O3. The van der Waals surface area contributed by atoms with E-state index in [9.17, 15) is 9.59 Å². The number of nitrogens with zero attached hydrogens (tertiary/aromatic N) is 2. The molecule has 0 spiro atoms. The number of ether oxygens (including phenoxy) is 1. The number of hydrogen-bond donors (Lipinski definition) is 1. The first-order valence-electron chi connectivity index (χ1n) is 8.70. The van der Waals surface area contributed by atoms with E-state index in [1.165, 1.54) is 0 Å². The van der Waals surface area contributed by atoms with Crippen LogP contribution in [-0.2, 0) is 9.59 Å². The van der Waals surface area contributed by atoms with Gasteiger partial charge in [-0.25, -0.2) is 0 Å². The van der Waals surface area contributed by atoms with Crippen molar-refractivity contribution < 1.29 is 14.3 Å². The molecule has 1 unspecified atom stereocenters. The predicted molar refractivity (Wildman–Crippen MR) is 98.7 cm³/mol. The third kappa shape index (κ3) is 4.95. The number of benzene rings is 1. The summed E-state index contributed by atoms with van der Waals surface area (Å²) in [5, 5.41) is 2.93. The molecule has 0 bridgehead atoms. The number of rotatable bonds is 4. The van der Waals surface area contributed by atoms with Crippen molar-refractivity contribution in [1.82, 2.24) is 9.80 Å². The Morgan fingerprint density at radius 2 is 1.64 bits per heavy atom. The third-order valence-electron chi connectivity index (χ3n) is 4.53. The number of nitrogens with one attached hydrogen (secondary N) is 1. The van der Waals surface area contributed by atoms with Crippen LogP contribution >= 0.6 is 0 Å². The number of hydrogen-bond acceptors (Lipinski definition) is 4. The van der Waals surface area contributed by atoms with Gasteiger partial charge in [-0.2, -0.15) is 0 Å². The third-order valence-corrected chi connectivity index (χ3v) is 4.53. The van der Waals surface area contributed by atoms with Gasteiger partial charge in [0.2, 0.25) is 11.8 Å². The predicted octanol–water partition coefficient (Wildman–Crippen LogP) is 2.21. The average Bonchev–Trinajstić information content (AvgIpc) is 2.60. The van der Waals surface area contributed by atoms with Gasteiger partial charge in [-0.15, -0.1) is 0 Å². The average molecular weight is 347 g/mol. The molecule has 25 heavy (non-hydrogen) atoms. The Morgan fingerprint density at radius 1 is 1.08 bits per heavy atom. The zero-order valence-electron chi connectivity index (χ0n) is 15.8. The molecule has 0 radical (unpaired) electrons. The first-order chi connectivity index (χ1) is 11.7. The van der Waals surface area contributed by atoms with Gasteiger partial charge in [0, 0.05) is 37.3 Å². The molecule has 6 nitrogen and oxygen atoms in total. The van der Waals surface area contributed by atoms with Gasteiger partial charge in [0.15, 0.2) is 0 Å². The molecule has 0 saturated carbocycles. The summed E-state index contributed by atoms with van der Waals surface area (Å²) in [4.78, 5) is 28.8. The quantitative estimate of drug-likeness (QED) is 0.907. The molecule has 2 amide bonds. The van der Waals surface area contributed by atoms with E-state index in [4.69, 9.17) is 4.74 Å². The van der Waals surface area contributed by atoms with E-state index in [1.54, 1.807) is 7.11 Å². The molecule has 1 aromatic carbocycles. The second-order valence-corrected chi connectivity index (χ2v) is 7.47. The Morgan fingerprint density at radius 3 is 2.12 bits per heavy atom. The fourth-order valence-electron chi connectivity index (χ4n) is 2.87. The summed E-state index contributed by atoms with van der Waals surface area (Å²) >= 11 is 0. The number of methoxy groups -OCH3 is 1. The molecule has 1 saturated heterocycles. The molecule has 1 fully saturated rings. The van der Waals surface area contributed by atoms with E-state index in [-0.39, 0.29) is 23.3 Å². The zero-order chi connectivity index (χ0) is 18.6. The van der Waals surface area contributed by atoms with Crippen LogP contribution in [0.15, 0.2) is 24.3 Å². The highest BCUT2D eigenvalue weighted by Gasteiger charge is 2.32. The molecule has 138 valence electrons. The summed E-state index contributed by atoms with van der Waals surface area (Å²) in [6.07, 6.45) is 0. The molecular weight excluding hydrogens is 318 g/mol. The monoisotopic (exact) mass is 347 g/mol. The van der Waals surface area contributed by atoms with E-state index in [0.29, 0.717) is 26.2 Å². The molecule has 1 N–H and O–H groups in total. The highest BCUT2D eigenvalue weighted by atomic mass is 16.5. The Kier molecular flexibility index (Phi) is 6.06. The summed E-state index contributed by atoms with van der Waals surface area (Å²) in [5.41, 5.74) is 0.388. The van der Waals surface area contributed by atoms with Gasteiger partial charge in [0.05, 0.1) is 13.2 Å². The van der Waals surface area contributed by atoms with Gasteiger partial charge in [-0.1, -0.05) is 20.8 Å². The molecule has 1 aliphatic heterocycles. The van der Waals surface area contributed by atoms with E-state index in [2.05, 4.69) is 10.2 Å². The lowest BCUT2D eigenvalue weighted by Crippen LogP contribution is -2.55. The maximum absolute atomic E-state index is 12.5. The number of carbonyl (C=O) groups excluding carboxylic acids is 2. The first kappa shape index (κ1) is 19.2. The lowest BCUT2D eigenvalue weighted by molar-refractivity contribution is -0.141. The smallest absolute Gasteiger partial charge is 0.241 e. The molecule has 1 atom stereocenters. The fraction of sp³-hybridized carbons (Fsp3) is 0.579. The Balaban J connectivity index is 1.87. The van der Waals surface area contributed by atoms with Crippen LogP contribution in [0, 0.1) is 5.41 Å². The Bertz CT molecular complexity index is 599. The van der Waals surface area contributed by atoms with Crippen molar-refractivity contribution in [2.75, 3.05) is 38.6 Å². The van der Waals surface area contributed by atoms with Crippen molar-refractivity contribution in [1.29, 1.82) is 0 Å². The van der Waals surface area contributed by atoms with Crippen LogP contribution in [0.2, 0.25) is 0 Å². The molecule has 1 heterocycles. The Hall–Kier alpha value is -2.08. The van der Waals surface area contributed by atoms with Crippen LogP contribution < -0.4 is 10.1 Å². The normalized spacial score (nSPS) is 17.1. The lowest BCUT2D eigenvalue weighted by Gasteiger charge is -2.39.